The van der Waals surface area contributed by atoms with E-state index in [1.807, 2.05) is 0 Å². The molecule has 23 heavy (non-hydrogen) atoms. The van der Waals surface area contributed by atoms with E-state index in [0.29, 0.717) is 5.56 Å². The van der Waals surface area contributed by atoms with Gasteiger partial charge in [-0.2, -0.15) is 0 Å². The van der Waals surface area contributed by atoms with Crippen LogP contribution >= 0.6 is 0 Å². The molecule has 2 rings (SSSR count). The number of carbonyl (C=O) groups is 3. The molecule has 0 amide bonds. The number of methoxy groups -OCH3 is 1. The molecule has 1 heterocycles. The fourth-order valence-corrected chi connectivity index (χ4v) is 3.24. The third kappa shape index (κ3) is 3.11. The molecule has 0 N–H and O–H groups in total. The topological polar surface area (TPSA) is 69.7 Å². The molecule has 1 aliphatic rings. The van der Waals surface area contributed by atoms with Gasteiger partial charge in [-0.15, -0.1) is 0 Å². The van der Waals surface area contributed by atoms with Gasteiger partial charge in [0.15, 0.2) is 11.7 Å². The van der Waals surface area contributed by atoms with Crippen LogP contribution < -0.4 is 0 Å². The molecule has 1 fully saturated rings. The van der Waals surface area contributed by atoms with Crippen molar-refractivity contribution in [2.75, 3.05) is 7.11 Å². The highest BCUT2D eigenvalue weighted by atomic mass is 19.1. The second kappa shape index (κ2) is 6.10. The van der Waals surface area contributed by atoms with E-state index in [2.05, 4.69) is 4.74 Å². The zero-order valence-electron chi connectivity index (χ0n) is 13.5. The van der Waals surface area contributed by atoms with Gasteiger partial charge < -0.3 is 9.47 Å². The Labute approximate surface area is 133 Å². The molecule has 0 bridgehead atoms. The van der Waals surface area contributed by atoms with Crippen LogP contribution in [0.25, 0.3) is 0 Å². The molecule has 1 saturated heterocycles. The van der Waals surface area contributed by atoms with Gasteiger partial charge in [0.2, 0.25) is 0 Å². The van der Waals surface area contributed by atoms with Crippen molar-refractivity contribution < 1.29 is 28.2 Å². The molecule has 0 saturated carbocycles. The quantitative estimate of drug-likeness (QED) is 0.483. The van der Waals surface area contributed by atoms with Gasteiger partial charge in [-0.25, -0.2) is 4.39 Å². The minimum absolute atomic E-state index is 0.282. The second-order valence-electron chi connectivity index (χ2n) is 6.21. The van der Waals surface area contributed by atoms with Gasteiger partial charge in [-0.3, -0.25) is 14.4 Å². The van der Waals surface area contributed by atoms with Crippen molar-refractivity contribution in [2.45, 2.75) is 26.4 Å². The standard InChI is InChI=1S/C17H19FO5/c1-9(14(19)10-5-7-11(18)8-6-10)13-12(15(20)22-4)16(21)23-17(13,2)3/h5-9,12-13H,1-4H3/t9-,12+,13+/m1/s1. The minimum atomic E-state index is -1.14. The van der Waals surface area contributed by atoms with Crippen LogP contribution in [0.5, 0.6) is 0 Å². The molecular weight excluding hydrogens is 303 g/mol. The molecule has 124 valence electrons. The zero-order valence-corrected chi connectivity index (χ0v) is 13.5. The third-order valence-electron chi connectivity index (χ3n) is 4.32. The Bertz CT molecular complexity index is 635. The Morgan fingerprint density at radius 3 is 2.35 bits per heavy atom. The average molecular weight is 322 g/mol. The highest BCUT2D eigenvalue weighted by molar-refractivity contribution is 6.01. The second-order valence-corrected chi connectivity index (χ2v) is 6.21. The lowest BCUT2D eigenvalue weighted by Gasteiger charge is -2.30. The summed E-state index contributed by atoms with van der Waals surface area (Å²) in [5.41, 5.74) is -0.664. The Kier molecular flexibility index (Phi) is 4.54. The van der Waals surface area contributed by atoms with Gasteiger partial charge in [0.05, 0.1) is 7.11 Å². The van der Waals surface area contributed by atoms with Gasteiger partial charge >= 0.3 is 11.9 Å². The maximum absolute atomic E-state index is 13.0. The highest BCUT2D eigenvalue weighted by Gasteiger charge is 2.57. The van der Waals surface area contributed by atoms with Crippen molar-refractivity contribution in [3.05, 3.63) is 35.6 Å². The summed E-state index contributed by atoms with van der Waals surface area (Å²) in [4.78, 5) is 36.6. The van der Waals surface area contributed by atoms with E-state index in [9.17, 15) is 18.8 Å². The van der Waals surface area contributed by atoms with E-state index in [4.69, 9.17) is 4.74 Å². The Morgan fingerprint density at radius 2 is 1.83 bits per heavy atom. The first kappa shape index (κ1) is 17.1. The van der Waals surface area contributed by atoms with Crippen LogP contribution in [0.2, 0.25) is 0 Å². The van der Waals surface area contributed by atoms with E-state index < -0.39 is 41.1 Å². The van der Waals surface area contributed by atoms with E-state index in [-0.39, 0.29) is 5.78 Å². The van der Waals surface area contributed by atoms with Crippen LogP contribution in [0, 0.1) is 23.6 Å². The largest absolute Gasteiger partial charge is 0.468 e. The first-order valence-corrected chi connectivity index (χ1v) is 7.29. The van der Waals surface area contributed by atoms with Crippen LogP contribution in [-0.4, -0.2) is 30.4 Å². The summed E-state index contributed by atoms with van der Waals surface area (Å²) in [7, 11) is 1.18. The van der Waals surface area contributed by atoms with Crippen LogP contribution in [0.4, 0.5) is 4.39 Å². The average Bonchev–Trinajstić information content (AvgIpc) is 2.74. The summed E-state index contributed by atoms with van der Waals surface area (Å²) in [5, 5.41) is 0. The van der Waals surface area contributed by atoms with Gasteiger partial charge in [-0.05, 0) is 38.1 Å². The van der Waals surface area contributed by atoms with Gasteiger partial charge in [0, 0.05) is 17.4 Å². The molecule has 0 aromatic heterocycles. The molecule has 0 aliphatic carbocycles. The van der Waals surface area contributed by atoms with Crippen molar-refractivity contribution in [2.24, 2.45) is 17.8 Å². The number of benzene rings is 1. The van der Waals surface area contributed by atoms with Crippen molar-refractivity contribution in [1.82, 2.24) is 0 Å². The summed E-state index contributed by atoms with van der Waals surface area (Å²) in [6, 6.07) is 5.15. The summed E-state index contributed by atoms with van der Waals surface area (Å²) in [6.45, 7) is 4.95. The molecule has 1 aliphatic heterocycles. The fraction of sp³-hybridized carbons (Fsp3) is 0.471. The van der Waals surface area contributed by atoms with E-state index >= 15 is 0 Å². The third-order valence-corrected chi connectivity index (χ3v) is 4.32. The van der Waals surface area contributed by atoms with Crippen molar-refractivity contribution in [3.63, 3.8) is 0 Å². The number of hydrogen-bond donors (Lipinski definition) is 0. The van der Waals surface area contributed by atoms with Gasteiger partial charge in [0.25, 0.3) is 0 Å². The first-order valence-electron chi connectivity index (χ1n) is 7.29. The number of ketones is 1. The molecular formula is C17H19FO5. The first-order chi connectivity index (χ1) is 10.7. The maximum atomic E-state index is 13.0. The molecule has 5 nitrogen and oxygen atoms in total. The van der Waals surface area contributed by atoms with E-state index in [1.54, 1.807) is 20.8 Å². The van der Waals surface area contributed by atoms with Crippen molar-refractivity contribution in [3.8, 4) is 0 Å². The number of Topliss-reactive ketones (excluding diaryl/α,β-unsaturated/α-hetero) is 1. The highest BCUT2D eigenvalue weighted by Crippen LogP contribution is 2.43. The number of ether oxygens (including phenoxy) is 2. The molecule has 0 radical (unpaired) electrons. The smallest absolute Gasteiger partial charge is 0.321 e. The maximum Gasteiger partial charge on any atom is 0.321 e. The molecule has 1 aromatic rings. The van der Waals surface area contributed by atoms with E-state index in [0.717, 1.165) is 0 Å². The predicted molar refractivity (Wildman–Crippen MR) is 79.1 cm³/mol. The van der Waals surface area contributed by atoms with Crippen LogP contribution in [0.15, 0.2) is 24.3 Å². The van der Waals surface area contributed by atoms with Crippen molar-refractivity contribution >= 4 is 17.7 Å². The fourth-order valence-electron chi connectivity index (χ4n) is 3.24. The van der Waals surface area contributed by atoms with Crippen LogP contribution in [0.3, 0.4) is 0 Å². The predicted octanol–water partition coefficient (Wildman–Crippen LogP) is 2.39. The number of esters is 2. The Balaban J connectivity index is 2.35. The van der Waals surface area contributed by atoms with Crippen LogP contribution in [-0.2, 0) is 19.1 Å². The number of halogens is 1. The lowest BCUT2D eigenvalue weighted by Crippen LogP contribution is -2.41. The Hall–Kier alpha value is -2.24. The molecule has 1 aromatic carbocycles. The van der Waals surface area contributed by atoms with Gasteiger partial charge in [-0.1, -0.05) is 6.92 Å². The summed E-state index contributed by atoms with van der Waals surface area (Å²) >= 11 is 0. The zero-order chi connectivity index (χ0) is 17.4. The number of carbonyl (C=O) groups excluding carboxylic acids is 3. The normalized spacial score (nSPS) is 24.0. The summed E-state index contributed by atoms with van der Waals surface area (Å²) in [6.07, 6.45) is 0. The van der Waals surface area contributed by atoms with Gasteiger partial charge in [0.1, 0.15) is 11.4 Å². The summed E-state index contributed by atoms with van der Waals surface area (Å²) in [5.74, 6) is -4.62. The monoisotopic (exact) mass is 322 g/mol. The number of rotatable bonds is 4. The van der Waals surface area contributed by atoms with Crippen LogP contribution in [0.1, 0.15) is 31.1 Å². The lowest BCUT2D eigenvalue weighted by atomic mass is 9.72. The SMILES string of the molecule is COC(=O)[C@H]1C(=O)OC(C)(C)[C@H]1[C@@H](C)C(=O)c1ccc(F)cc1. The lowest BCUT2D eigenvalue weighted by molar-refractivity contribution is -0.156. The molecule has 0 unspecified atom stereocenters. The molecule has 3 atom stereocenters. The van der Waals surface area contributed by atoms with E-state index in [1.165, 1.54) is 31.4 Å². The number of hydrogen-bond acceptors (Lipinski definition) is 5. The minimum Gasteiger partial charge on any atom is -0.468 e. The Morgan fingerprint density at radius 1 is 1.26 bits per heavy atom. The van der Waals surface area contributed by atoms with Crippen molar-refractivity contribution in [1.29, 1.82) is 0 Å². The molecule has 0 spiro atoms. The molecule has 6 heteroatoms. The number of cyclic esters (lactones) is 1. The summed E-state index contributed by atoms with van der Waals surface area (Å²) < 4.78 is 23.0.